The van der Waals surface area contributed by atoms with Crippen molar-refractivity contribution in [3.05, 3.63) is 82.7 Å². The molecule has 41 heavy (non-hydrogen) atoms. The van der Waals surface area contributed by atoms with Crippen molar-refractivity contribution < 1.29 is 32.4 Å². The van der Waals surface area contributed by atoms with Crippen LogP contribution in [0.2, 0.25) is 5.02 Å². The van der Waals surface area contributed by atoms with E-state index in [1.54, 1.807) is 23.8 Å². The maximum atomic E-state index is 13.9. The van der Waals surface area contributed by atoms with Crippen LogP contribution in [0.15, 0.2) is 71.6 Å². The molecule has 0 saturated carbocycles. The van der Waals surface area contributed by atoms with Gasteiger partial charge in [0, 0.05) is 33.4 Å². The predicted molar refractivity (Wildman–Crippen MR) is 154 cm³/mol. The van der Waals surface area contributed by atoms with E-state index in [1.807, 2.05) is 30.3 Å². The first-order valence-electron chi connectivity index (χ1n) is 12.5. The van der Waals surface area contributed by atoms with Crippen LogP contribution < -0.4 is 10.2 Å². The Kier molecular flexibility index (Phi) is 8.18. The quantitative estimate of drug-likeness (QED) is 0.224. The van der Waals surface area contributed by atoms with Gasteiger partial charge in [-0.1, -0.05) is 35.9 Å². The molecule has 2 aromatic heterocycles. The summed E-state index contributed by atoms with van der Waals surface area (Å²) in [4.78, 5) is 32.6. The second-order valence-corrected chi connectivity index (χ2v) is 13.5. The first-order chi connectivity index (χ1) is 19.7. The molecule has 1 aliphatic rings. The molecule has 2 N–H and O–H groups in total. The number of carbonyl (C=O) groups is 2. The van der Waals surface area contributed by atoms with Gasteiger partial charge < -0.3 is 14.1 Å². The molecule has 1 aliphatic heterocycles. The topological polar surface area (TPSA) is 139 Å². The number of amides is 2. The van der Waals surface area contributed by atoms with E-state index in [2.05, 4.69) is 4.98 Å². The van der Waals surface area contributed by atoms with E-state index in [0.717, 1.165) is 16.0 Å². The molecule has 0 aliphatic carbocycles. The number of methoxy groups -OCH3 is 1. The van der Waals surface area contributed by atoms with Crippen LogP contribution >= 0.6 is 22.9 Å². The number of ether oxygens (including phenoxy) is 1. The monoisotopic (exact) mass is 615 g/mol. The number of aromatic nitrogens is 1. The number of halogens is 1. The number of rotatable bonds is 7. The van der Waals surface area contributed by atoms with Gasteiger partial charge in [0.2, 0.25) is 5.91 Å². The van der Waals surface area contributed by atoms with Crippen LogP contribution in [0.4, 0.5) is 0 Å². The maximum absolute atomic E-state index is 13.9. The number of oxazole rings is 1. The van der Waals surface area contributed by atoms with Crippen molar-refractivity contribution in [3.8, 4) is 27.5 Å². The van der Waals surface area contributed by atoms with Crippen LogP contribution in [-0.4, -0.2) is 61.3 Å². The Labute approximate surface area is 245 Å². The molecule has 1 atom stereocenters. The highest BCUT2D eigenvalue weighted by Crippen LogP contribution is 2.45. The molecule has 2 amide bonds. The van der Waals surface area contributed by atoms with Crippen LogP contribution in [0.25, 0.3) is 21.8 Å². The molecule has 0 spiro atoms. The highest BCUT2D eigenvalue weighted by atomic mass is 35.5. The second kappa shape index (κ2) is 11.6. The smallest absolute Gasteiger partial charge is 0.257 e. The van der Waals surface area contributed by atoms with Gasteiger partial charge in [0.05, 0.1) is 31.0 Å². The number of sulfone groups is 1. The van der Waals surface area contributed by atoms with Crippen LogP contribution in [0, 0.1) is 0 Å². The van der Waals surface area contributed by atoms with Crippen molar-refractivity contribution >= 4 is 44.6 Å². The molecule has 5 rings (SSSR count). The van der Waals surface area contributed by atoms with Crippen LogP contribution in [0.5, 0.6) is 5.75 Å². The number of carbonyl (C=O) groups excluding carboxylic acids is 2. The summed E-state index contributed by atoms with van der Waals surface area (Å²) in [7, 11) is -2.56. The lowest BCUT2D eigenvalue weighted by Crippen LogP contribution is -2.41. The van der Waals surface area contributed by atoms with Gasteiger partial charge in [0.1, 0.15) is 10.5 Å². The van der Waals surface area contributed by atoms with Crippen molar-refractivity contribution in [1.29, 1.82) is 0 Å². The average Bonchev–Trinajstić information content (AvgIpc) is 3.67. The molecule has 4 aromatic rings. The summed E-state index contributed by atoms with van der Waals surface area (Å²) in [6, 6.07) is 15.7. The number of nitrogens with one attached hydrogen (secondary N) is 1. The third-order valence-corrected chi connectivity index (χ3v) is 11.4. The first-order valence-corrected chi connectivity index (χ1v) is 15.4. The number of thiophene rings is 1. The van der Waals surface area contributed by atoms with Crippen molar-refractivity contribution in [2.24, 2.45) is 0 Å². The van der Waals surface area contributed by atoms with Crippen LogP contribution in [-0.2, 0) is 19.4 Å². The van der Waals surface area contributed by atoms with Crippen LogP contribution in [0.1, 0.15) is 28.1 Å². The third-order valence-electron chi connectivity index (χ3n) is 7.20. The lowest BCUT2D eigenvalue weighted by atomic mass is 9.97. The Hall–Kier alpha value is -3.71. The van der Waals surface area contributed by atoms with Gasteiger partial charge in [-0.3, -0.25) is 14.8 Å². The minimum absolute atomic E-state index is 0.0468. The van der Waals surface area contributed by atoms with Gasteiger partial charge in [-0.25, -0.2) is 18.9 Å². The zero-order valence-corrected chi connectivity index (χ0v) is 24.3. The van der Waals surface area contributed by atoms with E-state index in [0.29, 0.717) is 15.7 Å². The zero-order valence-electron chi connectivity index (χ0n) is 21.9. The fourth-order valence-corrected chi connectivity index (χ4v) is 8.75. The van der Waals surface area contributed by atoms with Gasteiger partial charge in [0.25, 0.3) is 5.91 Å². The molecule has 1 fully saturated rings. The van der Waals surface area contributed by atoms with Crippen LogP contribution in [0.3, 0.4) is 0 Å². The highest BCUT2D eigenvalue weighted by Gasteiger charge is 2.50. The van der Waals surface area contributed by atoms with Gasteiger partial charge in [-0.15, -0.1) is 11.3 Å². The van der Waals surface area contributed by atoms with Crippen molar-refractivity contribution in [2.75, 3.05) is 26.0 Å². The molecule has 3 heterocycles. The number of hydrogen-bond donors (Lipinski definition) is 2. The Morgan fingerprint density at radius 1 is 1.15 bits per heavy atom. The van der Waals surface area contributed by atoms with E-state index in [4.69, 9.17) is 20.8 Å². The number of nitrogens with zero attached hydrogens (tertiary/aromatic N) is 2. The lowest BCUT2D eigenvalue weighted by molar-refractivity contribution is -0.129. The Morgan fingerprint density at radius 3 is 2.59 bits per heavy atom. The van der Waals surface area contributed by atoms with Gasteiger partial charge in [-0.05, 0) is 42.3 Å². The third kappa shape index (κ3) is 5.60. The highest BCUT2D eigenvalue weighted by molar-refractivity contribution is 7.92. The van der Waals surface area contributed by atoms with Crippen molar-refractivity contribution in [3.63, 3.8) is 0 Å². The Bertz CT molecular complexity index is 1670. The molecule has 214 valence electrons. The SMILES string of the molecule is COc1cc(Cl)ccc1C(=O)N1CCC(CC(=O)NO)(c2ccc(-c3ccc(-c4cnco4)cc3)s2)S(=O)(=O)CC1. The van der Waals surface area contributed by atoms with Gasteiger partial charge in [-0.2, -0.15) is 0 Å². The lowest BCUT2D eigenvalue weighted by Gasteiger charge is -2.30. The van der Waals surface area contributed by atoms with Gasteiger partial charge in [0.15, 0.2) is 22.0 Å². The molecule has 1 saturated heterocycles. The number of hydrogen-bond acceptors (Lipinski definition) is 9. The second-order valence-electron chi connectivity index (χ2n) is 9.52. The molecule has 0 bridgehead atoms. The molecule has 10 nitrogen and oxygen atoms in total. The molecule has 13 heteroatoms. The van der Waals surface area contributed by atoms with E-state index < -0.39 is 32.8 Å². The van der Waals surface area contributed by atoms with E-state index >= 15 is 0 Å². The maximum Gasteiger partial charge on any atom is 0.257 e. The van der Waals surface area contributed by atoms with Gasteiger partial charge >= 0.3 is 0 Å². The summed E-state index contributed by atoms with van der Waals surface area (Å²) in [6.45, 7) is -0.0154. The minimum Gasteiger partial charge on any atom is -0.496 e. The summed E-state index contributed by atoms with van der Waals surface area (Å²) < 4.78 is 36.9. The Morgan fingerprint density at radius 2 is 1.90 bits per heavy atom. The minimum atomic E-state index is -3.98. The summed E-state index contributed by atoms with van der Waals surface area (Å²) in [5, 5.41) is 9.73. The first kappa shape index (κ1) is 28.8. The summed E-state index contributed by atoms with van der Waals surface area (Å²) in [5.74, 6) is -0.712. The molecule has 2 aromatic carbocycles. The molecular formula is C28H26ClN3O7S2. The van der Waals surface area contributed by atoms with E-state index in [1.165, 1.54) is 41.9 Å². The fraction of sp³-hybridized carbons (Fsp3) is 0.250. The number of benzene rings is 2. The predicted octanol–water partition coefficient (Wildman–Crippen LogP) is 4.78. The van der Waals surface area contributed by atoms with E-state index in [9.17, 15) is 23.2 Å². The summed E-state index contributed by atoms with van der Waals surface area (Å²) in [5.41, 5.74) is 3.52. The standard InChI is InChI=1S/C28H26ClN3O7S2/c1-38-22-14-20(29)6-7-21(22)27(34)32-11-10-28(15-26(33)31-35,41(36,37)13-12-32)25-9-8-24(40-25)19-4-2-18(3-5-19)23-16-30-17-39-23/h2-9,14,16-17,35H,10-13,15H2,1H3,(H,31,33). The van der Waals surface area contributed by atoms with Crippen molar-refractivity contribution in [2.45, 2.75) is 17.6 Å². The Balaban J connectivity index is 1.48. The van der Waals surface area contributed by atoms with Crippen molar-refractivity contribution in [1.82, 2.24) is 15.4 Å². The largest absolute Gasteiger partial charge is 0.496 e. The zero-order chi connectivity index (χ0) is 29.2. The average molecular weight is 616 g/mol. The molecule has 1 unspecified atom stereocenters. The molecule has 0 radical (unpaired) electrons. The number of hydroxylamine groups is 1. The molecular weight excluding hydrogens is 590 g/mol. The summed E-state index contributed by atoms with van der Waals surface area (Å²) >= 11 is 7.30. The normalized spacial score (nSPS) is 18.5. The fourth-order valence-electron chi connectivity index (χ4n) is 4.98. The van der Waals surface area contributed by atoms with E-state index in [-0.39, 0.29) is 36.6 Å². The summed E-state index contributed by atoms with van der Waals surface area (Å²) in [6.07, 6.45) is 2.42.